The first-order valence-corrected chi connectivity index (χ1v) is 5.47. The highest BCUT2D eigenvalue weighted by Gasteiger charge is 2.20. The summed E-state index contributed by atoms with van der Waals surface area (Å²) in [6, 6.07) is 9.75. The third-order valence-electron chi connectivity index (χ3n) is 2.68. The number of aliphatic hydroxyl groups is 1. The highest BCUT2D eigenvalue weighted by molar-refractivity contribution is 6.14. The first-order chi connectivity index (χ1) is 8.18. The van der Waals surface area contributed by atoms with Gasteiger partial charge in [-0.3, -0.25) is 9.79 Å². The van der Waals surface area contributed by atoms with Crippen molar-refractivity contribution in [3.8, 4) is 0 Å². The van der Waals surface area contributed by atoms with E-state index in [0.717, 1.165) is 5.56 Å². The number of nitrogens with one attached hydrogen (secondary N) is 1. The summed E-state index contributed by atoms with van der Waals surface area (Å²) in [7, 11) is 0. The Kier molecular flexibility index (Phi) is 3.23. The second-order valence-corrected chi connectivity index (χ2v) is 3.91. The molecule has 0 spiro atoms. The number of aliphatic imine (C=N–C) groups is 1. The molecule has 0 aromatic heterocycles. The van der Waals surface area contributed by atoms with Crippen molar-refractivity contribution in [3.63, 3.8) is 0 Å². The van der Waals surface area contributed by atoms with E-state index in [0.29, 0.717) is 0 Å². The Balaban J connectivity index is 2.12. The number of carbonyl (C=O) groups excluding carboxylic acids is 1. The molecule has 0 saturated heterocycles. The van der Waals surface area contributed by atoms with Crippen LogP contribution in [-0.4, -0.2) is 23.8 Å². The number of carbonyl (C=O) groups is 1. The van der Waals surface area contributed by atoms with Gasteiger partial charge in [-0.1, -0.05) is 30.3 Å². The fourth-order valence-corrected chi connectivity index (χ4v) is 1.62. The van der Waals surface area contributed by atoms with Crippen LogP contribution in [0.2, 0.25) is 0 Å². The SMILES string of the molecule is CC(N=CC1=C(O)CNC1=O)c1ccccc1. The molecular weight excluding hydrogens is 216 g/mol. The van der Waals surface area contributed by atoms with Gasteiger partial charge in [0.25, 0.3) is 5.91 Å². The fraction of sp³-hybridized carbons (Fsp3) is 0.231. The molecule has 2 rings (SSSR count). The molecule has 1 aliphatic rings. The topological polar surface area (TPSA) is 61.7 Å². The monoisotopic (exact) mass is 230 g/mol. The number of rotatable bonds is 3. The van der Waals surface area contributed by atoms with Crippen LogP contribution in [0.3, 0.4) is 0 Å². The molecule has 1 atom stereocenters. The largest absolute Gasteiger partial charge is 0.510 e. The van der Waals surface area contributed by atoms with Gasteiger partial charge in [-0.05, 0) is 12.5 Å². The Morgan fingerprint density at radius 1 is 1.41 bits per heavy atom. The van der Waals surface area contributed by atoms with Crippen molar-refractivity contribution < 1.29 is 9.90 Å². The molecule has 4 heteroatoms. The van der Waals surface area contributed by atoms with Crippen molar-refractivity contribution in [1.29, 1.82) is 0 Å². The number of hydrogen-bond acceptors (Lipinski definition) is 3. The molecule has 0 saturated carbocycles. The molecule has 1 aromatic carbocycles. The molecule has 0 radical (unpaired) electrons. The average Bonchev–Trinajstić information content (AvgIpc) is 2.67. The van der Waals surface area contributed by atoms with E-state index in [1.54, 1.807) is 0 Å². The van der Waals surface area contributed by atoms with Crippen molar-refractivity contribution in [1.82, 2.24) is 5.32 Å². The maximum Gasteiger partial charge on any atom is 0.256 e. The van der Waals surface area contributed by atoms with E-state index in [1.807, 2.05) is 37.3 Å². The van der Waals surface area contributed by atoms with Gasteiger partial charge in [0.2, 0.25) is 0 Å². The average molecular weight is 230 g/mol. The zero-order chi connectivity index (χ0) is 12.3. The van der Waals surface area contributed by atoms with Crippen LogP contribution >= 0.6 is 0 Å². The summed E-state index contributed by atoms with van der Waals surface area (Å²) in [4.78, 5) is 15.6. The summed E-state index contributed by atoms with van der Waals surface area (Å²) in [5.41, 5.74) is 1.33. The van der Waals surface area contributed by atoms with Crippen molar-refractivity contribution >= 4 is 12.1 Å². The molecule has 17 heavy (non-hydrogen) atoms. The van der Waals surface area contributed by atoms with Crippen LogP contribution in [0.25, 0.3) is 0 Å². The lowest BCUT2D eigenvalue weighted by molar-refractivity contribution is -0.116. The van der Waals surface area contributed by atoms with Gasteiger partial charge in [0.15, 0.2) is 0 Å². The van der Waals surface area contributed by atoms with Gasteiger partial charge in [-0.2, -0.15) is 0 Å². The van der Waals surface area contributed by atoms with Crippen molar-refractivity contribution in [3.05, 3.63) is 47.2 Å². The van der Waals surface area contributed by atoms with E-state index in [1.165, 1.54) is 6.21 Å². The van der Waals surface area contributed by atoms with E-state index in [9.17, 15) is 9.90 Å². The first-order valence-electron chi connectivity index (χ1n) is 5.47. The number of benzene rings is 1. The molecule has 1 aliphatic heterocycles. The predicted octanol–water partition coefficient (Wildman–Crippen LogP) is 1.76. The Bertz CT molecular complexity index is 477. The quantitative estimate of drug-likeness (QED) is 0.777. The Morgan fingerprint density at radius 2 is 2.12 bits per heavy atom. The predicted molar refractivity (Wildman–Crippen MR) is 66.0 cm³/mol. The molecule has 1 heterocycles. The summed E-state index contributed by atoms with van der Waals surface area (Å²) in [5, 5.41) is 12.0. The number of aliphatic hydroxyl groups excluding tert-OH is 1. The van der Waals surface area contributed by atoms with Crippen molar-refractivity contribution in [2.75, 3.05) is 6.54 Å². The van der Waals surface area contributed by atoms with E-state index in [2.05, 4.69) is 10.3 Å². The fourth-order valence-electron chi connectivity index (χ4n) is 1.62. The Labute approximate surface area is 99.7 Å². The van der Waals surface area contributed by atoms with Crippen molar-refractivity contribution in [2.24, 2.45) is 4.99 Å². The van der Waals surface area contributed by atoms with Crippen LogP contribution in [0.15, 0.2) is 46.7 Å². The third kappa shape index (κ3) is 2.53. The lowest BCUT2D eigenvalue weighted by Crippen LogP contribution is -2.17. The second kappa shape index (κ2) is 4.82. The molecular formula is C13H14N2O2. The minimum absolute atomic E-state index is 0.0371. The lowest BCUT2D eigenvalue weighted by atomic mass is 10.1. The van der Waals surface area contributed by atoms with Crippen molar-refractivity contribution in [2.45, 2.75) is 13.0 Å². The van der Waals surface area contributed by atoms with Gasteiger partial charge in [0, 0.05) is 6.21 Å². The Morgan fingerprint density at radius 3 is 2.71 bits per heavy atom. The highest BCUT2D eigenvalue weighted by atomic mass is 16.3. The van der Waals surface area contributed by atoms with Crippen LogP contribution in [0.5, 0.6) is 0 Å². The maximum atomic E-state index is 11.3. The van der Waals surface area contributed by atoms with Gasteiger partial charge in [0.1, 0.15) is 5.76 Å². The van der Waals surface area contributed by atoms with Crippen LogP contribution in [-0.2, 0) is 4.79 Å². The van der Waals surface area contributed by atoms with Gasteiger partial charge >= 0.3 is 0 Å². The summed E-state index contributed by atoms with van der Waals surface area (Å²) >= 11 is 0. The summed E-state index contributed by atoms with van der Waals surface area (Å²) in [6.45, 7) is 2.14. The lowest BCUT2D eigenvalue weighted by Gasteiger charge is -2.05. The normalized spacial score (nSPS) is 17.6. The minimum Gasteiger partial charge on any atom is -0.510 e. The van der Waals surface area contributed by atoms with Gasteiger partial charge in [-0.25, -0.2) is 0 Å². The third-order valence-corrected chi connectivity index (χ3v) is 2.68. The van der Waals surface area contributed by atoms with E-state index in [-0.39, 0.29) is 29.8 Å². The number of amides is 1. The zero-order valence-corrected chi connectivity index (χ0v) is 9.55. The molecule has 1 aromatic rings. The Hall–Kier alpha value is -2.10. The molecule has 2 N–H and O–H groups in total. The molecule has 88 valence electrons. The highest BCUT2D eigenvalue weighted by Crippen LogP contribution is 2.16. The number of nitrogens with zero attached hydrogens (tertiary/aromatic N) is 1. The van der Waals surface area contributed by atoms with Crippen LogP contribution in [0.1, 0.15) is 18.5 Å². The molecule has 0 fully saturated rings. The van der Waals surface area contributed by atoms with Gasteiger partial charge < -0.3 is 10.4 Å². The smallest absolute Gasteiger partial charge is 0.256 e. The maximum absolute atomic E-state index is 11.3. The zero-order valence-electron chi connectivity index (χ0n) is 9.55. The van der Waals surface area contributed by atoms with Gasteiger partial charge in [0.05, 0.1) is 18.2 Å². The number of hydrogen-bond donors (Lipinski definition) is 2. The van der Waals surface area contributed by atoms with Gasteiger partial charge in [-0.15, -0.1) is 0 Å². The molecule has 0 aliphatic carbocycles. The van der Waals surface area contributed by atoms with E-state index in [4.69, 9.17) is 0 Å². The first kappa shape index (κ1) is 11.4. The summed E-state index contributed by atoms with van der Waals surface area (Å²) < 4.78 is 0. The van der Waals surface area contributed by atoms with E-state index >= 15 is 0 Å². The van der Waals surface area contributed by atoms with Crippen LogP contribution in [0, 0.1) is 0 Å². The van der Waals surface area contributed by atoms with Crippen LogP contribution in [0.4, 0.5) is 0 Å². The van der Waals surface area contributed by atoms with Crippen LogP contribution < -0.4 is 5.32 Å². The molecule has 0 bridgehead atoms. The van der Waals surface area contributed by atoms with E-state index < -0.39 is 0 Å². The molecule has 4 nitrogen and oxygen atoms in total. The minimum atomic E-state index is -0.272. The molecule has 1 unspecified atom stereocenters. The standard InChI is InChI=1S/C13H14N2O2/c1-9(10-5-3-2-4-6-10)14-7-11-12(16)8-15-13(11)17/h2-7,9,16H,8H2,1H3,(H,15,17). The molecule has 1 amide bonds. The second-order valence-electron chi connectivity index (χ2n) is 3.91. The summed E-state index contributed by atoms with van der Waals surface area (Å²) in [6.07, 6.45) is 1.44. The summed E-state index contributed by atoms with van der Waals surface area (Å²) in [5.74, 6) is -0.217.